The summed E-state index contributed by atoms with van der Waals surface area (Å²) >= 11 is 0. The minimum atomic E-state index is 1.32. The summed E-state index contributed by atoms with van der Waals surface area (Å²) in [5.41, 5.74) is 8.02. The van der Waals surface area contributed by atoms with Gasteiger partial charge in [0.25, 0.3) is 0 Å². The Labute approximate surface area is 148 Å². The fraction of sp³-hybridized carbons (Fsp3) is 0.250. The lowest BCUT2D eigenvalue weighted by atomic mass is 9.95. The smallest absolute Gasteiger partial charge is 0.0149 e. The highest BCUT2D eigenvalue weighted by Gasteiger charge is 2.03. The molecule has 0 nitrogen and oxygen atoms in total. The fourth-order valence-corrected chi connectivity index (χ4v) is 2.44. The van der Waals surface area contributed by atoms with Crippen molar-refractivity contribution >= 4 is 0 Å². The molecule has 0 aromatic heterocycles. The summed E-state index contributed by atoms with van der Waals surface area (Å²) in [6, 6.07) is 25.4. The molecule has 0 radical (unpaired) electrons. The van der Waals surface area contributed by atoms with Gasteiger partial charge in [0.15, 0.2) is 0 Å². The molecule has 0 heteroatoms. The van der Waals surface area contributed by atoms with Crippen LogP contribution in [0.1, 0.15) is 36.1 Å². The second-order valence-electron chi connectivity index (χ2n) is 5.79. The summed E-state index contributed by atoms with van der Waals surface area (Å²) in [4.78, 5) is 0. The minimum absolute atomic E-state index is 1.32. The zero-order valence-electron chi connectivity index (χ0n) is 15.9. The van der Waals surface area contributed by atoms with Gasteiger partial charge in [0.05, 0.1) is 0 Å². The van der Waals surface area contributed by atoms with Gasteiger partial charge in [-0.15, -0.1) is 0 Å². The number of rotatable bonds is 1. The van der Waals surface area contributed by atoms with E-state index in [1.54, 1.807) is 0 Å². The van der Waals surface area contributed by atoms with Crippen LogP contribution in [0.4, 0.5) is 0 Å². The molecule has 3 aromatic rings. The predicted octanol–water partition coefficient (Wildman–Crippen LogP) is 7.30. The summed E-state index contributed by atoms with van der Waals surface area (Å²) in [6.07, 6.45) is 0. The molecule has 0 saturated heterocycles. The van der Waals surface area contributed by atoms with Crippen molar-refractivity contribution in [1.82, 2.24) is 0 Å². The van der Waals surface area contributed by atoms with E-state index in [2.05, 4.69) is 82.3 Å². The molecular weight excluding hydrogens is 288 g/mol. The number of benzene rings is 3. The zero-order chi connectivity index (χ0) is 17.9. The highest BCUT2D eigenvalue weighted by Crippen LogP contribution is 2.27. The molecule has 0 fully saturated rings. The number of aryl methyl sites for hydroxylation is 4. The third-order valence-electron chi connectivity index (χ3n) is 3.77. The first-order valence-corrected chi connectivity index (χ1v) is 8.73. The van der Waals surface area contributed by atoms with E-state index < -0.39 is 0 Å². The highest BCUT2D eigenvalue weighted by molar-refractivity contribution is 5.70. The van der Waals surface area contributed by atoms with Crippen molar-refractivity contribution in [3.63, 3.8) is 0 Å². The van der Waals surface area contributed by atoms with Gasteiger partial charge < -0.3 is 0 Å². The van der Waals surface area contributed by atoms with Gasteiger partial charge >= 0.3 is 0 Å². The standard InChI is InChI=1S/C15H16.C7H8.C2H6/c1-11-8-9-13(3)15(10-11)14-7-5-4-6-12(14)2;1-7-5-3-2-4-6-7;1-2/h4-10H,1-3H3;2-6H,1H3;1-2H3. The van der Waals surface area contributed by atoms with Gasteiger partial charge in [-0.05, 0) is 49.9 Å². The normalized spacial score (nSPS) is 9.25. The molecule has 0 N–H and O–H groups in total. The van der Waals surface area contributed by atoms with Gasteiger partial charge in [-0.25, -0.2) is 0 Å². The van der Waals surface area contributed by atoms with E-state index in [1.165, 1.54) is 33.4 Å². The van der Waals surface area contributed by atoms with Crippen LogP contribution < -0.4 is 0 Å². The molecule has 0 atom stereocenters. The average molecular weight is 319 g/mol. The Morgan fingerprint density at radius 2 is 1.00 bits per heavy atom. The van der Waals surface area contributed by atoms with Gasteiger partial charge in [-0.3, -0.25) is 0 Å². The highest BCUT2D eigenvalue weighted by atomic mass is 14.1. The van der Waals surface area contributed by atoms with Crippen molar-refractivity contribution in [3.8, 4) is 11.1 Å². The summed E-state index contributed by atoms with van der Waals surface area (Å²) in [5, 5.41) is 0. The van der Waals surface area contributed by atoms with E-state index in [4.69, 9.17) is 0 Å². The Morgan fingerprint density at radius 1 is 0.458 bits per heavy atom. The first-order chi connectivity index (χ1) is 11.6. The Bertz CT molecular complexity index is 724. The lowest BCUT2D eigenvalue weighted by molar-refractivity contribution is 1.37. The van der Waals surface area contributed by atoms with E-state index >= 15 is 0 Å². The third-order valence-corrected chi connectivity index (χ3v) is 3.77. The van der Waals surface area contributed by atoms with Crippen LogP contribution in [0.15, 0.2) is 72.8 Å². The molecule has 0 bridgehead atoms. The maximum Gasteiger partial charge on any atom is -0.0149 e. The van der Waals surface area contributed by atoms with E-state index in [-0.39, 0.29) is 0 Å². The van der Waals surface area contributed by atoms with E-state index in [9.17, 15) is 0 Å². The summed E-state index contributed by atoms with van der Waals surface area (Å²) < 4.78 is 0. The van der Waals surface area contributed by atoms with Crippen LogP contribution in [-0.4, -0.2) is 0 Å². The molecule has 0 aliphatic carbocycles. The molecule has 0 aliphatic rings. The Kier molecular flexibility index (Phi) is 8.57. The molecule has 0 aliphatic heterocycles. The van der Waals surface area contributed by atoms with Crippen LogP contribution in [0.5, 0.6) is 0 Å². The van der Waals surface area contributed by atoms with Crippen LogP contribution in [0.2, 0.25) is 0 Å². The molecule has 0 spiro atoms. The molecule has 0 unspecified atom stereocenters. The molecule has 0 amide bonds. The van der Waals surface area contributed by atoms with Crippen molar-refractivity contribution < 1.29 is 0 Å². The van der Waals surface area contributed by atoms with E-state index in [0.717, 1.165) is 0 Å². The van der Waals surface area contributed by atoms with Crippen molar-refractivity contribution in [1.29, 1.82) is 0 Å². The van der Waals surface area contributed by atoms with E-state index in [0.29, 0.717) is 0 Å². The summed E-state index contributed by atoms with van der Waals surface area (Å²) in [5.74, 6) is 0. The van der Waals surface area contributed by atoms with E-state index in [1.807, 2.05) is 32.0 Å². The predicted molar refractivity (Wildman–Crippen MR) is 109 cm³/mol. The zero-order valence-corrected chi connectivity index (χ0v) is 15.9. The van der Waals surface area contributed by atoms with Crippen molar-refractivity contribution in [2.45, 2.75) is 41.5 Å². The van der Waals surface area contributed by atoms with Crippen LogP contribution in [0.3, 0.4) is 0 Å². The molecule has 0 saturated carbocycles. The molecular formula is C24H30. The SMILES string of the molecule is CC.Cc1ccc(C)c(-c2ccccc2C)c1.Cc1ccccc1. The third kappa shape index (κ3) is 6.04. The van der Waals surface area contributed by atoms with Gasteiger partial charge in [0.2, 0.25) is 0 Å². The van der Waals surface area contributed by atoms with Crippen LogP contribution >= 0.6 is 0 Å². The monoisotopic (exact) mass is 318 g/mol. The Balaban J connectivity index is 0.000000268. The maximum atomic E-state index is 2.26. The molecule has 3 rings (SSSR count). The van der Waals surface area contributed by atoms with Crippen molar-refractivity contribution in [2.24, 2.45) is 0 Å². The average Bonchev–Trinajstić information content (AvgIpc) is 2.61. The minimum Gasteiger partial charge on any atom is -0.0683 e. The van der Waals surface area contributed by atoms with Gasteiger partial charge in [0, 0.05) is 0 Å². The quantitative estimate of drug-likeness (QED) is 0.441. The first kappa shape index (κ1) is 19.7. The van der Waals surface area contributed by atoms with Crippen LogP contribution in [0, 0.1) is 27.7 Å². The van der Waals surface area contributed by atoms with Crippen LogP contribution in [-0.2, 0) is 0 Å². The second kappa shape index (κ2) is 10.4. The fourth-order valence-electron chi connectivity index (χ4n) is 2.44. The number of hydrogen-bond acceptors (Lipinski definition) is 0. The van der Waals surface area contributed by atoms with Gasteiger partial charge in [-0.2, -0.15) is 0 Å². The van der Waals surface area contributed by atoms with Crippen molar-refractivity contribution in [2.75, 3.05) is 0 Å². The lowest BCUT2D eigenvalue weighted by Gasteiger charge is -2.09. The molecule has 126 valence electrons. The Hall–Kier alpha value is -2.34. The topological polar surface area (TPSA) is 0 Å². The maximum absolute atomic E-state index is 2.26. The van der Waals surface area contributed by atoms with Crippen LogP contribution in [0.25, 0.3) is 11.1 Å². The lowest BCUT2D eigenvalue weighted by Crippen LogP contribution is -1.87. The first-order valence-electron chi connectivity index (χ1n) is 8.73. The van der Waals surface area contributed by atoms with Crippen molar-refractivity contribution in [3.05, 3.63) is 95.1 Å². The van der Waals surface area contributed by atoms with Gasteiger partial charge in [-0.1, -0.05) is 97.8 Å². The largest absolute Gasteiger partial charge is 0.0683 e. The second-order valence-corrected chi connectivity index (χ2v) is 5.79. The molecule has 24 heavy (non-hydrogen) atoms. The van der Waals surface area contributed by atoms with Gasteiger partial charge in [0.1, 0.15) is 0 Å². The molecule has 0 heterocycles. The number of hydrogen-bond donors (Lipinski definition) is 0. The Morgan fingerprint density at radius 3 is 1.54 bits per heavy atom. The summed E-state index contributed by atoms with van der Waals surface area (Å²) in [7, 11) is 0. The summed E-state index contributed by atoms with van der Waals surface area (Å²) in [6.45, 7) is 12.6. The molecule has 3 aromatic carbocycles.